The lowest BCUT2D eigenvalue weighted by molar-refractivity contribution is -0.137. The van der Waals surface area contributed by atoms with E-state index in [2.05, 4.69) is 17.4 Å². The summed E-state index contributed by atoms with van der Waals surface area (Å²) in [7, 11) is 0. The molecule has 0 amide bonds. The van der Waals surface area contributed by atoms with E-state index >= 15 is 0 Å². The van der Waals surface area contributed by atoms with Crippen LogP contribution in [0.3, 0.4) is 0 Å². The molecule has 1 aromatic rings. The lowest BCUT2D eigenvalue weighted by Crippen LogP contribution is -2.15. The number of carbonyl (C=O) groups is 1. The van der Waals surface area contributed by atoms with E-state index in [9.17, 15) is 4.79 Å². The number of nitrogens with one attached hydrogen (secondary N) is 1. The summed E-state index contributed by atoms with van der Waals surface area (Å²) in [6, 6.07) is 8.18. The monoisotopic (exact) mass is 277 g/mol. The standard InChI is InChI=1S/C16H23NO3/c1-3-19-13-15-9-6-5-8-14(15)12-17-11-7-10-16(18)20-4-2/h5-10,17H,3-4,11-13H2,1-2H3/b10-7+. The molecule has 0 atom stereocenters. The molecule has 0 aromatic heterocycles. The summed E-state index contributed by atoms with van der Waals surface area (Å²) in [4.78, 5) is 11.1. The van der Waals surface area contributed by atoms with Crippen LogP contribution >= 0.6 is 0 Å². The molecule has 110 valence electrons. The van der Waals surface area contributed by atoms with Crippen LogP contribution in [-0.2, 0) is 27.4 Å². The molecule has 0 aliphatic heterocycles. The van der Waals surface area contributed by atoms with Crippen LogP contribution in [-0.4, -0.2) is 25.7 Å². The third kappa shape index (κ3) is 6.50. The van der Waals surface area contributed by atoms with Gasteiger partial charge in [-0.3, -0.25) is 0 Å². The summed E-state index contributed by atoms with van der Waals surface area (Å²) < 4.78 is 10.2. The van der Waals surface area contributed by atoms with Crippen LogP contribution in [0.15, 0.2) is 36.4 Å². The van der Waals surface area contributed by atoms with Crippen molar-refractivity contribution in [3.8, 4) is 0 Å². The molecule has 1 N–H and O–H groups in total. The highest BCUT2D eigenvalue weighted by atomic mass is 16.5. The zero-order chi connectivity index (χ0) is 14.6. The molecule has 0 heterocycles. The Morgan fingerprint density at radius 1 is 1.20 bits per heavy atom. The van der Waals surface area contributed by atoms with Gasteiger partial charge >= 0.3 is 5.97 Å². The second kappa shape index (κ2) is 10.2. The van der Waals surface area contributed by atoms with Crippen LogP contribution in [0.4, 0.5) is 0 Å². The number of ether oxygens (including phenoxy) is 2. The Morgan fingerprint density at radius 3 is 2.65 bits per heavy atom. The van der Waals surface area contributed by atoms with Gasteiger partial charge in [-0.25, -0.2) is 4.79 Å². The summed E-state index contributed by atoms with van der Waals surface area (Å²) >= 11 is 0. The van der Waals surface area contributed by atoms with Crippen molar-refractivity contribution >= 4 is 5.97 Å². The molecule has 4 heteroatoms. The van der Waals surface area contributed by atoms with Gasteiger partial charge in [0.25, 0.3) is 0 Å². The van der Waals surface area contributed by atoms with Crippen LogP contribution in [0.25, 0.3) is 0 Å². The van der Waals surface area contributed by atoms with E-state index in [0.717, 1.165) is 6.54 Å². The SMILES string of the molecule is CCOCc1ccccc1CNC/C=C/C(=O)OCC. The maximum atomic E-state index is 11.1. The van der Waals surface area contributed by atoms with Gasteiger partial charge in [-0.1, -0.05) is 30.3 Å². The van der Waals surface area contributed by atoms with Gasteiger partial charge in [-0.2, -0.15) is 0 Å². The predicted molar refractivity (Wildman–Crippen MR) is 79.3 cm³/mol. The Kier molecular flexibility index (Phi) is 8.35. The lowest BCUT2D eigenvalue weighted by Gasteiger charge is -2.09. The molecule has 20 heavy (non-hydrogen) atoms. The van der Waals surface area contributed by atoms with Crippen molar-refractivity contribution in [1.29, 1.82) is 0 Å². The molecule has 0 saturated carbocycles. The molecule has 1 aromatic carbocycles. The first-order valence-electron chi connectivity index (χ1n) is 6.96. The molecular weight excluding hydrogens is 254 g/mol. The van der Waals surface area contributed by atoms with Crippen LogP contribution in [0, 0.1) is 0 Å². The Balaban J connectivity index is 2.36. The topological polar surface area (TPSA) is 47.6 Å². The average Bonchev–Trinajstić information content (AvgIpc) is 2.46. The van der Waals surface area contributed by atoms with Crippen LogP contribution in [0.1, 0.15) is 25.0 Å². The summed E-state index contributed by atoms with van der Waals surface area (Å²) in [5, 5.41) is 3.27. The molecule has 0 aliphatic rings. The van der Waals surface area contributed by atoms with Gasteiger partial charge in [0, 0.05) is 25.8 Å². The predicted octanol–water partition coefficient (Wildman–Crippen LogP) is 2.43. The summed E-state index contributed by atoms with van der Waals surface area (Å²) in [6.07, 6.45) is 3.21. The van der Waals surface area contributed by atoms with E-state index in [1.807, 2.05) is 19.1 Å². The van der Waals surface area contributed by atoms with Gasteiger partial charge in [-0.15, -0.1) is 0 Å². The first kappa shape index (κ1) is 16.4. The van der Waals surface area contributed by atoms with Crippen molar-refractivity contribution in [1.82, 2.24) is 5.32 Å². The smallest absolute Gasteiger partial charge is 0.330 e. The minimum atomic E-state index is -0.300. The minimum absolute atomic E-state index is 0.300. The normalized spacial score (nSPS) is 10.9. The quantitative estimate of drug-likeness (QED) is 0.428. The van der Waals surface area contributed by atoms with Gasteiger partial charge in [-0.05, 0) is 25.0 Å². The molecule has 0 unspecified atom stereocenters. The Labute approximate surface area is 120 Å². The molecule has 4 nitrogen and oxygen atoms in total. The minimum Gasteiger partial charge on any atom is -0.463 e. The highest BCUT2D eigenvalue weighted by Gasteiger charge is 2.00. The van der Waals surface area contributed by atoms with Crippen LogP contribution < -0.4 is 5.32 Å². The maximum absolute atomic E-state index is 11.1. The number of esters is 1. The van der Waals surface area contributed by atoms with E-state index in [-0.39, 0.29) is 5.97 Å². The van der Waals surface area contributed by atoms with Crippen LogP contribution in [0.2, 0.25) is 0 Å². The molecule has 0 saturated heterocycles. The third-order valence-electron chi connectivity index (χ3n) is 2.70. The zero-order valence-corrected chi connectivity index (χ0v) is 12.2. The van der Waals surface area contributed by atoms with Gasteiger partial charge < -0.3 is 14.8 Å². The van der Waals surface area contributed by atoms with Crippen molar-refractivity contribution in [2.75, 3.05) is 19.8 Å². The van der Waals surface area contributed by atoms with E-state index in [1.54, 1.807) is 13.0 Å². The number of benzene rings is 1. The van der Waals surface area contributed by atoms with E-state index < -0.39 is 0 Å². The third-order valence-corrected chi connectivity index (χ3v) is 2.70. The van der Waals surface area contributed by atoms with Crippen molar-refractivity contribution in [3.05, 3.63) is 47.5 Å². The van der Waals surface area contributed by atoms with E-state index in [4.69, 9.17) is 9.47 Å². The van der Waals surface area contributed by atoms with Crippen molar-refractivity contribution in [2.24, 2.45) is 0 Å². The van der Waals surface area contributed by atoms with E-state index in [1.165, 1.54) is 17.2 Å². The number of rotatable bonds is 9. The maximum Gasteiger partial charge on any atom is 0.330 e. The molecule has 0 radical (unpaired) electrons. The highest BCUT2D eigenvalue weighted by molar-refractivity contribution is 5.81. The van der Waals surface area contributed by atoms with Gasteiger partial charge in [0.2, 0.25) is 0 Å². The van der Waals surface area contributed by atoms with Crippen molar-refractivity contribution < 1.29 is 14.3 Å². The first-order valence-corrected chi connectivity index (χ1v) is 6.96. The molecule has 1 rings (SSSR count). The van der Waals surface area contributed by atoms with Crippen molar-refractivity contribution in [2.45, 2.75) is 27.0 Å². The number of carbonyl (C=O) groups excluding carboxylic acids is 1. The Morgan fingerprint density at radius 2 is 1.95 bits per heavy atom. The summed E-state index contributed by atoms with van der Waals surface area (Å²) in [5.74, 6) is -0.300. The van der Waals surface area contributed by atoms with Gasteiger partial charge in [0.15, 0.2) is 0 Å². The van der Waals surface area contributed by atoms with E-state index in [0.29, 0.717) is 26.4 Å². The molecule has 0 aliphatic carbocycles. The molecule has 0 fully saturated rings. The lowest BCUT2D eigenvalue weighted by atomic mass is 10.1. The summed E-state index contributed by atoms with van der Waals surface area (Å²) in [5.41, 5.74) is 2.40. The van der Waals surface area contributed by atoms with Crippen LogP contribution in [0.5, 0.6) is 0 Å². The molecule has 0 bridgehead atoms. The number of hydrogen-bond donors (Lipinski definition) is 1. The fraction of sp³-hybridized carbons (Fsp3) is 0.438. The van der Waals surface area contributed by atoms with Gasteiger partial charge in [0.05, 0.1) is 13.2 Å². The van der Waals surface area contributed by atoms with Gasteiger partial charge in [0.1, 0.15) is 0 Å². The fourth-order valence-electron chi connectivity index (χ4n) is 1.72. The summed E-state index contributed by atoms with van der Waals surface area (Å²) in [6.45, 7) is 6.90. The fourth-order valence-corrected chi connectivity index (χ4v) is 1.72. The average molecular weight is 277 g/mol. The molecule has 0 spiro atoms. The molecular formula is C16H23NO3. The first-order chi connectivity index (χ1) is 9.77. The van der Waals surface area contributed by atoms with Crippen molar-refractivity contribution in [3.63, 3.8) is 0 Å². The Hall–Kier alpha value is -1.65. The number of hydrogen-bond acceptors (Lipinski definition) is 4. The second-order valence-electron chi connectivity index (χ2n) is 4.19. The second-order valence-corrected chi connectivity index (χ2v) is 4.19. The highest BCUT2D eigenvalue weighted by Crippen LogP contribution is 2.09. The largest absolute Gasteiger partial charge is 0.463 e. The Bertz CT molecular complexity index is 429. The zero-order valence-electron chi connectivity index (χ0n) is 12.2.